The molecule has 2 rings (SSSR count). The van der Waals surface area contributed by atoms with Crippen LogP contribution in [0.5, 0.6) is 5.75 Å². The zero-order valence-corrected chi connectivity index (χ0v) is 9.79. The Morgan fingerprint density at radius 3 is 2.59 bits per heavy atom. The van der Waals surface area contributed by atoms with Crippen molar-refractivity contribution in [2.75, 3.05) is 0 Å². The van der Waals surface area contributed by atoms with Crippen molar-refractivity contribution in [1.29, 1.82) is 0 Å². The molecule has 0 unspecified atom stereocenters. The molecule has 0 radical (unpaired) electrons. The largest absolute Gasteiger partial charge is 0.504 e. The molecule has 88 valence electrons. The topological polar surface area (TPSA) is 50.4 Å². The zero-order valence-electron chi connectivity index (χ0n) is 8.21. The van der Waals surface area contributed by atoms with Gasteiger partial charge in [0, 0.05) is 0 Å². The molecule has 2 aromatic rings. The number of carbonyl (C=O) groups excluding carboxylic acids is 1. The summed E-state index contributed by atoms with van der Waals surface area (Å²) < 4.78 is 31.2. The maximum atomic E-state index is 13.3. The third kappa shape index (κ3) is 1.95. The van der Waals surface area contributed by atoms with E-state index < -0.39 is 17.4 Å². The lowest BCUT2D eigenvalue weighted by molar-refractivity contribution is 0.110. The van der Waals surface area contributed by atoms with Gasteiger partial charge in [-0.25, -0.2) is 4.39 Å². The van der Waals surface area contributed by atoms with Crippen LogP contribution in [0.15, 0.2) is 27.1 Å². The number of halogens is 3. The van der Waals surface area contributed by atoms with Gasteiger partial charge in [0.2, 0.25) is 5.82 Å². The van der Waals surface area contributed by atoms with Gasteiger partial charge in [0.25, 0.3) is 0 Å². The highest BCUT2D eigenvalue weighted by atomic mass is 79.9. The fourth-order valence-corrected chi connectivity index (χ4v) is 1.74. The second-order valence-electron chi connectivity index (χ2n) is 3.20. The summed E-state index contributed by atoms with van der Waals surface area (Å²) in [6, 6.07) is 3.90. The van der Waals surface area contributed by atoms with Crippen molar-refractivity contribution in [3.8, 4) is 17.1 Å². The first kappa shape index (κ1) is 11.8. The molecule has 1 aromatic carbocycles. The van der Waals surface area contributed by atoms with E-state index in [-0.39, 0.29) is 21.6 Å². The number of aromatic hydroxyl groups is 1. The van der Waals surface area contributed by atoms with Gasteiger partial charge in [0.05, 0.1) is 10.0 Å². The van der Waals surface area contributed by atoms with E-state index in [4.69, 9.17) is 4.42 Å². The lowest BCUT2D eigenvalue weighted by Gasteiger charge is -2.05. The molecule has 0 saturated heterocycles. The van der Waals surface area contributed by atoms with Crippen LogP contribution in [0.1, 0.15) is 10.6 Å². The molecule has 0 bridgehead atoms. The van der Waals surface area contributed by atoms with Crippen LogP contribution in [-0.4, -0.2) is 11.4 Å². The summed E-state index contributed by atoms with van der Waals surface area (Å²) in [5, 5.41) is 9.45. The molecule has 1 N–H and O–H groups in total. The van der Waals surface area contributed by atoms with Gasteiger partial charge in [0.1, 0.15) is 5.76 Å². The number of aldehydes is 1. The molecule has 0 amide bonds. The molecule has 0 spiro atoms. The summed E-state index contributed by atoms with van der Waals surface area (Å²) in [6.07, 6.45) is 0.468. The molecule has 0 aliphatic carbocycles. The summed E-state index contributed by atoms with van der Waals surface area (Å²) in [5.74, 6) is -3.33. The van der Waals surface area contributed by atoms with Crippen molar-refractivity contribution in [1.82, 2.24) is 0 Å². The molecule has 1 heterocycles. The zero-order chi connectivity index (χ0) is 12.6. The SMILES string of the molecule is O=Cc1ccc(-c2cc(Br)c(F)c(F)c2O)o1. The van der Waals surface area contributed by atoms with Crippen molar-refractivity contribution in [3.63, 3.8) is 0 Å². The van der Waals surface area contributed by atoms with E-state index in [0.717, 1.165) is 0 Å². The Hall–Kier alpha value is -1.69. The van der Waals surface area contributed by atoms with Gasteiger partial charge in [-0.3, -0.25) is 4.79 Å². The van der Waals surface area contributed by atoms with Gasteiger partial charge < -0.3 is 9.52 Å². The van der Waals surface area contributed by atoms with Crippen molar-refractivity contribution >= 4 is 22.2 Å². The van der Waals surface area contributed by atoms with Crippen molar-refractivity contribution in [3.05, 3.63) is 40.1 Å². The quantitative estimate of drug-likeness (QED) is 0.682. The molecular formula is C11H5BrF2O3. The lowest BCUT2D eigenvalue weighted by Crippen LogP contribution is -1.89. The molecule has 3 nitrogen and oxygen atoms in total. The van der Waals surface area contributed by atoms with Gasteiger partial charge in [-0.2, -0.15) is 4.39 Å². The maximum absolute atomic E-state index is 13.3. The van der Waals surface area contributed by atoms with Crippen molar-refractivity contribution in [2.24, 2.45) is 0 Å². The van der Waals surface area contributed by atoms with Crippen LogP contribution in [0.25, 0.3) is 11.3 Å². The molecule has 0 aliphatic rings. The van der Waals surface area contributed by atoms with Crippen molar-refractivity contribution in [2.45, 2.75) is 0 Å². The highest BCUT2D eigenvalue weighted by Gasteiger charge is 2.19. The Bertz CT molecular complexity index is 593. The lowest BCUT2D eigenvalue weighted by atomic mass is 10.1. The number of furan rings is 1. The molecule has 1 aromatic heterocycles. The van der Waals surface area contributed by atoms with Crippen LogP contribution in [-0.2, 0) is 0 Å². The van der Waals surface area contributed by atoms with Crippen LogP contribution in [0.3, 0.4) is 0 Å². The first-order valence-electron chi connectivity index (χ1n) is 4.46. The Morgan fingerprint density at radius 2 is 2.00 bits per heavy atom. The first-order chi connectivity index (χ1) is 8.04. The van der Waals surface area contributed by atoms with E-state index in [1.165, 1.54) is 18.2 Å². The van der Waals surface area contributed by atoms with Gasteiger partial charge in [-0.1, -0.05) is 0 Å². The summed E-state index contributed by atoms with van der Waals surface area (Å²) in [5.41, 5.74) is -0.0381. The number of benzene rings is 1. The van der Waals surface area contributed by atoms with Crippen LogP contribution in [0.4, 0.5) is 8.78 Å². The van der Waals surface area contributed by atoms with Gasteiger partial charge in [0.15, 0.2) is 23.6 Å². The highest BCUT2D eigenvalue weighted by Crippen LogP contribution is 2.37. The summed E-state index contributed by atoms with van der Waals surface area (Å²) in [7, 11) is 0. The van der Waals surface area contributed by atoms with Crippen LogP contribution < -0.4 is 0 Å². The van der Waals surface area contributed by atoms with E-state index >= 15 is 0 Å². The molecule has 0 saturated carbocycles. The third-order valence-corrected chi connectivity index (χ3v) is 2.72. The summed E-state index contributed by atoms with van der Waals surface area (Å²) in [4.78, 5) is 10.4. The van der Waals surface area contributed by atoms with Crippen LogP contribution >= 0.6 is 15.9 Å². The highest BCUT2D eigenvalue weighted by molar-refractivity contribution is 9.10. The number of hydrogen-bond acceptors (Lipinski definition) is 3. The molecular weight excluding hydrogens is 298 g/mol. The monoisotopic (exact) mass is 302 g/mol. The molecule has 0 fully saturated rings. The van der Waals surface area contributed by atoms with E-state index in [2.05, 4.69) is 15.9 Å². The van der Waals surface area contributed by atoms with E-state index in [1.807, 2.05) is 0 Å². The minimum atomic E-state index is -1.38. The van der Waals surface area contributed by atoms with Gasteiger partial charge in [-0.05, 0) is 34.1 Å². The maximum Gasteiger partial charge on any atom is 0.202 e. The summed E-state index contributed by atoms with van der Waals surface area (Å²) >= 11 is 2.81. The molecule has 17 heavy (non-hydrogen) atoms. The fraction of sp³-hybridized carbons (Fsp3) is 0. The average molecular weight is 303 g/mol. The minimum Gasteiger partial charge on any atom is -0.504 e. The van der Waals surface area contributed by atoms with E-state index in [1.54, 1.807) is 0 Å². The number of rotatable bonds is 2. The molecule has 0 atom stereocenters. The van der Waals surface area contributed by atoms with E-state index in [0.29, 0.717) is 6.29 Å². The Morgan fingerprint density at radius 1 is 1.29 bits per heavy atom. The smallest absolute Gasteiger partial charge is 0.202 e. The van der Waals surface area contributed by atoms with Gasteiger partial charge in [-0.15, -0.1) is 0 Å². The number of hydrogen-bond donors (Lipinski definition) is 1. The summed E-state index contributed by atoms with van der Waals surface area (Å²) in [6.45, 7) is 0. The first-order valence-corrected chi connectivity index (χ1v) is 5.25. The third-order valence-electron chi connectivity index (χ3n) is 2.14. The number of phenolic OH excluding ortho intramolecular Hbond substituents is 1. The number of carbonyl (C=O) groups is 1. The average Bonchev–Trinajstić information content (AvgIpc) is 2.79. The van der Waals surface area contributed by atoms with Crippen LogP contribution in [0, 0.1) is 11.6 Å². The Balaban J connectivity index is 2.63. The fourth-order valence-electron chi connectivity index (χ4n) is 1.33. The van der Waals surface area contributed by atoms with Crippen LogP contribution in [0.2, 0.25) is 0 Å². The normalized spacial score (nSPS) is 10.5. The Labute approximate surface area is 103 Å². The molecule has 0 aliphatic heterocycles. The minimum absolute atomic E-state index is 0.0280. The Kier molecular flexibility index (Phi) is 2.97. The predicted octanol–water partition coefficient (Wildman–Crippen LogP) is 3.51. The predicted molar refractivity (Wildman–Crippen MR) is 58.8 cm³/mol. The van der Waals surface area contributed by atoms with Crippen molar-refractivity contribution < 1.29 is 23.1 Å². The standard InChI is InChI=1S/C11H5BrF2O3/c12-7-3-6(11(16)10(14)9(7)13)8-2-1-5(4-15)17-8/h1-4,16H. The second-order valence-corrected chi connectivity index (χ2v) is 4.06. The molecule has 6 heteroatoms. The second kappa shape index (κ2) is 4.29. The van der Waals surface area contributed by atoms with Gasteiger partial charge >= 0.3 is 0 Å². The number of phenols is 1. The van der Waals surface area contributed by atoms with E-state index in [9.17, 15) is 18.7 Å².